The van der Waals surface area contributed by atoms with Crippen LogP contribution in [0.2, 0.25) is 0 Å². The Labute approximate surface area is 211 Å². The SMILES string of the molecule is CCCCN(CCC)CCC1(CCCc2ccc(F)cc2)CCN(Cc2ccccc2OC)C1=O. The number of aryl methyl sites for hydroxylation is 1. The highest BCUT2D eigenvalue weighted by Gasteiger charge is 2.45. The number of unbranched alkanes of at least 4 members (excludes halogenated alkanes) is 1. The largest absolute Gasteiger partial charge is 0.496 e. The van der Waals surface area contributed by atoms with Gasteiger partial charge in [-0.25, -0.2) is 4.39 Å². The van der Waals surface area contributed by atoms with Gasteiger partial charge < -0.3 is 14.5 Å². The molecule has 1 aliphatic rings. The van der Waals surface area contributed by atoms with Crippen molar-refractivity contribution in [2.75, 3.05) is 33.3 Å². The summed E-state index contributed by atoms with van der Waals surface area (Å²) in [4.78, 5) is 18.5. The van der Waals surface area contributed by atoms with E-state index in [4.69, 9.17) is 4.74 Å². The number of ether oxygens (including phenoxy) is 1. The maximum absolute atomic E-state index is 13.9. The van der Waals surface area contributed by atoms with Crippen molar-refractivity contribution in [3.63, 3.8) is 0 Å². The van der Waals surface area contributed by atoms with E-state index in [0.29, 0.717) is 6.54 Å². The van der Waals surface area contributed by atoms with Crippen LogP contribution in [-0.4, -0.2) is 49.0 Å². The lowest BCUT2D eigenvalue weighted by Gasteiger charge is -2.31. The molecule has 0 saturated carbocycles. The predicted octanol–water partition coefficient (Wildman–Crippen LogP) is 6.48. The van der Waals surface area contributed by atoms with Crippen LogP contribution in [0.25, 0.3) is 0 Å². The van der Waals surface area contributed by atoms with Gasteiger partial charge in [-0.1, -0.05) is 50.6 Å². The van der Waals surface area contributed by atoms with Gasteiger partial charge in [0.15, 0.2) is 0 Å². The Balaban J connectivity index is 1.72. The van der Waals surface area contributed by atoms with Crippen molar-refractivity contribution in [2.45, 2.75) is 71.8 Å². The molecular formula is C30H43FN2O2. The lowest BCUT2D eigenvalue weighted by Crippen LogP contribution is -2.38. The van der Waals surface area contributed by atoms with Crippen LogP contribution in [0.4, 0.5) is 4.39 Å². The molecular weight excluding hydrogens is 439 g/mol. The molecule has 0 aliphatic carbocycles. The fourth-order valence-corrected chi connectivity index (χ4v) is 5.36. The number of carbonyl (C=O) groups is 1. The van der Waals surface area contributed by atoms with E-state index in [1.165, 1.54) is 25.0 Å². The van der Waals surface area contributed by atoms with E-state index in [-0.39, 0.29) is 17.1 Å². The minimum Gasteiger partial charge on any atom is -0.496 e. The first-order valence-corrected chi connectivity index (χ1v) is 13.4. The molecule has 1 aliphatic heterocycles. The monoisotopic (exact) mass is 482 g/mol. The third-order valence-corrected chi connectivity index (χ3v) is 7.46. The van der Waals surface area contributed by atoms with Crippen LogP contribution in [0.5, 0.6) is 5.75 Å². The van der Waals surface area contributed by atoms with Gasteiger partial charge >= 0.3 is 0 Å². The predicted molar refractivity (Wildman–Crippen MR) is 141 cm³/mol. The summed E-state index contributed by atoms with van der Waals surface area (Å²) in [5.74, 6) is 0.920. The molecule has 0 N–H and O–H groups in total. The molecule has 3 rings (SSSR count). The fraction of sp³-hybridized carbons (Fsp3) is 0.567. The minimum absolute atomic E-state index is 0.203. The summed E-state index contributed by atoms with van der Waals surface area (Å²) < 4.78 is 18.8. The number of likely N-dealkylation sites (tertiary alicyclic amines) is 1. The number of para-hydroxylation sites is 1. The van der Waals surface area contributed by atoms with Crippen LogP contribution >= 0.6 is 0 Å². The van der Waals surface area contributed by atoms with Crippen LogP contribution in [-0.2, 0) is 17.8 Å². The smallest absolute Gasteiger partial charge is 0.229 e. The number of rotatable bonds is 15. The quantitative estimate of drug-likeness (QED) is 0.291. The summed E-state index contributed by atoms with van der Waals surface area (Å²) in [7, 11) is 1.68. The average Bonchev–Trinajstić information content (AvgIpc) is 3.17. The standard InChI is InChI=1S/C30H43FN2O2/c1-4-6-21-32(20-5-2)22-18-30(17-9-10-25-13-15-27(31)16-14-25)19-23-33(29(30)34)24-26-11-7-8-12-28(26)35-3/h7-8,11-16H,4-6,9-10,17-24H2,1-3H3. The van der Waals surface area contributed by atoms with Crippen LogP contribution in [0, 0.1) is 11.2 Å². The molecule has 5 heteroatoms. The Morgan fingerprint density at radius 2 is 1.74 bits per heavy atom. The number of amides is 1. The molecule has 2 aromatic rings. The van der Waals surface area contributed by atoms with Gasteiger partial charge in [0.05, 0.1) is 12.5 Å². The maximum Gasteiger partial charge on any atom is 0.229 e. The highest BCUT2D eigenvalue weighted by molar-refractivity contribution is 5.85. The van der Waals surface area contributed by atoms with Crippen molar-refractivity contribution in [3.05, 3.63) is 65.5 Å². The van der Waals surface area contributed by atoms with Crippen molar-refractivity contribution in [1.82, 2.24) is 9.80 Å². The first kappa shape index (κ1) is 27.2. The first-order valence-electron chi connectivity index (χ1n) is 13.4. The normalized spacial score (nSPS) is 18.0. The number of benzene rings is 2. The molecule has 1 saturated heterocycles. The molecule has 2 aromatic carbocycles. The van der Waals surface area contributed by atoms with E-state index in [0.717, 1.165) is 81.6 Å². The number of nitrogens with zero attached hydrogens (tertiary/aromatic N) is 2. The number of carbonyl (C=O) groups excluding carboxylic acids is 1. The van der Waals surface area contributed by atoms with Crippen molar-refractivity contribution in [2.24, 2.45) is 5.41 Å². The van der Waals surface area contributed by atoms with E-state index in [1.807, 2.05) is 41.3 Å². The molecule has 0 aromatic heterocycles. The van der Waals surface area contributed by atoms with Gasteiger partial charge in [0.1, 0.15) is 11.6 Å². The Kier molecular flexibility index (Phi) is 10.6. The van der Waals surface area contributed by atoms with Crippen molar-refractivity contribution in [3.8, 4) is 5.75 Å². The molecule has 1 heterocycles. The third kappa shape index (κ3) is 7.54. The van der Waals surface area contributed by atoms with Crippen molar-refractivity contribution < 1.29 is 13.9 Å². The van der Waals surface area contributed by atoms with Gasteiger partial charge in [-0.05, 0) is 88.3 Å². The van der Waals surface area contributed by atoms with E-state index in [9.17, 15) is 9.18 Å². The third-order valence-electron chi connectivity index (χ3n) is 7.46. The van der Waals surface area contributed by atoms with Crippen molar-refractivity contribution >= 4 is 5.91 Å². The molecule has 0 bridgehead atoms. The van der Waals surface area contributed by atoms with E-state index in [2.05, 4.69) is 18.7 Å². The van der Waals surface area contributed by atoms with Gasteiger partial charge in [-0.2, -0.15) is 0 Å². The van der Waals surface area contributed by atoms with Crippen LogP contribution in [0.15, 0.2) is 48.5 Å². The molecule has 1 amide bonds. The molecule has 1 atom stereocenters. The average molecular weight is 483 g/mol. The molecule has 0 radical (unpaired) electrons. The highest BCUT2D eigenvalue weighted by atomic mass is 19.1. The molecule has 35 heavy (non-hydrogen) atoms. The molecule has 4 nitrogen and oxygen atoms in total. The summed E-state index contributed by atoms with van der Waals surface area (Å²) in [6.07, 6.45) is 8.01. The molecule has 1 fully saturated rings. The molecule has 192 valence electrons. The summed E-state index contributed by atoms with van der Waals surface area (Å²) in [6, 6.07) is 14.8. The van der Waals surface area contributed by atoms with Gasteiger partial charge in [0, 0.05) is 18.7 Å². The van der Waals surface area contributed by atoms with E-state index in [1.54, 1.807) is 7.11 Å². The number of hydrogen-bond donors (Lipinski definition) is 0. The Morgan fingerprint density at radius 3 is 2.46 bits per heavy atom. The number of hydrogen-bond acceptors (Lipinski definition) is 3. The van der Waals surface area contributed by atoms with Crippen molar-refractivity contribution in [1.29, 1.82) is 0 Å². The summed E-state index contributed by atoms with van der Waals surface area (Å²) in [5.41, 5.74) is 1.87. The van der Waals surface area contributed by atoms with Crippen LogP contribution in [0.1, 0.15) is 69.9 Å². The number of halogens is 1. The first-order chi connectivity index (χ1) is 17.0. The Hall–Kier alpha value is -2.40. The fourth-order valence-electron chi connectivity index (χ4n) is 5.36. The van der Waals surface area contributed by atoms with E-state index >= 15 is 0 Å². The van der Waals surface area contributed by atoms with Gasteiger partial charge in [0.25, 0.3) is 0 Å². The summed E-state index contributed by atoms with van der Waals surface area (Å²) >= 11 is 0. The second-order valence-corrected chi connectivity index (χ2v) is 9.99. The maximum atomic E-state index is 13.9. The van der Waals surface area contributed by atoms with Crippen LogP contribution in [0.3, 0.4) is 0 Å². The Bertz CT molecular complexity index is 917. The van der Waals surface area contributed by atoms with E-state index < -0.39 is 0 Å². The zero-order valence-corrected chi connectivity index (χ0v) is 21.9. The lowest BCUT2D eigenvalue weighted by molar-refractivity contribution is -0.137. The summed E-state index contributed by atoms with van der Waals surface area (Å²) in [5, 5.41) is 0. The van der Waals surface area contributed by atoms with Crippen LogP contribution < -0.4 is 4.74 Å². The zero-order chi connectivity index (χ0) is 25.1. The number of methoxy groups -OCH3 is 1. The van der Waals surface area contributed by atoms with Gasteiger partial charge in [-0.3, -0.25) is 4.79 Å². The minimum atomic E-state index is -0.319. The lowest BCUT2D eigenvalue weighted by atomic mass is 9.77. The molecule has 1 unspecified atom stereocenters. The molecule has 0 spiro atoms. The zero-order valence-electron chi connectivity index (χ0n) is 21.9. The Morgan fingerprint density at radius 1 is 0.971 bits per heavy atom. The highest BCUT2D eigenvalue weighted by Crippen LogP contribution is 2.41. The summed E-state index contributed by atoms with van der Waals surface area (Å²) in [6.45, 7) is 9.01. The van der Waals surface area contributed by atoms with Gasteiger partial charge in [-0.15, -0.1) is 0 Å². The van der Waals surface area contributed by atoms with Gasteiger partial charge in [0.2, 0.25) is 5.91 Å². The topological polar surface area (TPSA) is 32.8 Å². The second kappa shape index (κ2) is 13.6. The second-order valence-electron chi connectivity index (χ2n) is 9.99.